The predicted molar refractivity (Wildman–Crippen MR) is 80.1 cm³/mol. The standard InChI is InChI=1S/C14H20ClN3O2/c1-3-18(4-2)14(20)17-9-8-16-13(19)11-6-5-7-12(15)10-11/h5-7,10H,3-4,8-9H2,1-2H3,(H,16,19)(H,17,20). The van der Waals surface area contributed by atoms with Gasteiger partial charge in [-0.25, -0.2) is 4.79 Å². The van der Waals surface area contributed by atoms with Crippen LogP contribution in [0.3, 0.4) is 0 Å². The average molecular weight is 298 g/mol. The Morgan fingerprint density at radius 1 is 1.15 bits per heavy atom. The normalized spacial score (nSPS) is 9.95. The van der Waals surface area contributed by atoms with E-state index >= 15 is 0 Å². The quantitative estimate of drug-likeness (QED) is 0.790. The Balaban J connectivity index is 2.31. The highest BCUT2D eigenvalue weighted by Crippen LogP contribution is 2.10. The van der Waals surface area contributed by atoms with Gasteiger partial charge in [-0.15, -0.1) is 0 Å². The molecule has 1 aromatic carbocycles. The van der Waals surface area contributed by atoms with Crippen molar-refractivity contribution in [1.29, 1.82) is 0 Å². The van der Waals surface area contributed by atoms with Crippen LogP contribution in [0.4, 0.5) is 4.79 Å². The van der Waals surface area contributed by atoms with Gasteiger partial charge in [0.2, 0.25) is 0 Å². The van der Waals surface area contributed by atoms with Gasteiger partial charge in [-0.3, -0.25) is 4.79 Å². The van der Waals surface area contributed by atoms with Gasteiger partial charge in [0.15, 0.2) is 0 Å². The summed E-state index contributed by atoms with van der Waals surface area (Å²) in [5.41, 5.74) is 0.507. The van der Waals surface area contributed by atoms with Crippen LogP contribution in [0.15, 0.2) is 24.3 Å². The van der Waals surface area contributed by atoms with Crippen LogP contribution in [0, 0.1) is 0 Å². The first kappa shape index (κ1) is 16.3. The fraction of sp³-hybridized carbons (Fsp3) is 0.429. The molecule has 20 heavy (non-hydrogen) atoms. The van der Waals surface area contributed by atoms with Crippen LogP contribution < -0.4 is 10.6 Å². The summed E-state index contributed by atoms with van der Waals surface area (Å²) in [6.45, 7) is 5.93. The molecule has 0 heterocycles. The third kappa shape index (κ3) is 5.09. The van der Waals surface area contributed by atoms with Gasteiger partial charge in [-0.2, -0.15) is 0 Å². The maximum atomic E-state index is 11.8. The van der Waals surface area contributed by atoms with Crippen LogP contribution in [0.1, 0.15) is 24.2 Å². The molecule has 0 fully saturated rings. The van der Waals surface area contributed by atoms with Crippen molar-refractivity contribution in [2.45, 2.75) is 13.8 Å². The first-order valence-corrected chi connectivity index (χ1v) is 7.02. The molecule has 0 unspecified atom stereocenters. The molecule has 0 aliphatic carbocycles. The summed E-state index contributed by atoms with van der Waals surface area (Å²) in [4.78, 5) is 25.1. The molecular weight excluding hydrogens is 278 g/mol. The van der Waals surface area contributed by atoms with Gasteiger partial charge in [0.1, 0.15) is 0 Å². The van der Waals surface area contributed by atoms with Crippen LogP contribution in [0.2, 0.25) is 5.02 Å². The van der Waals surface area contributed by atoms with Crippen molar-refractivity contribution in [1.82, 2.24) is 15.5 Å². The SMILES string of the molecule is CCN(CC)C(=O)NCCNC(=O)c1cccc(Cl)c1. The average Bonchev–Trinajstić information content (AvgIpc) is 2.44. The third-order valence-electron chi connectivity index (χ3n) is 2.82. The second kappa shape index (κ2) is 8.43. The monoisotopic (exact) mass is 297 g/mol. The smallest absolute Gasteiger partial charge is 0.317 e. The van der Waals surface area contributed by atoms with Gasteiger partial charge in [0.05, 0.1) is 0 Å². The lowest BCUT2D eigenvalue weighted by Gasteiger charge is -2.19. The van der Waals surface area contributed by atoms with E-state index in [1.807, 2.05) is 13.8 Å². The topological polar surface area (TPSA) is 61.4 Å². The van der Waals surface area contributed by atoms with Crippen molar-refractivity contribution in [3.63, 3.8) is 0 Å². The molecule has 0 aliphatic rings. The molecule has 3 amide bonds. The minimum Gasteiger partial charge on any atom is -0.350 e. The molecule has 0 saturated heterocycles. The zero-order chi connectivity index (χ0) is 15.0. The second-order valence-electron chi connectivity index (χ2n) is 4.17. The first-order valence-electron chi connectivity index (χ1n) is 6.65. The van der Waals surface area contributed by atoms with E-state index in [0.717, 1.165) is 0 Å². The fourth-order valence-corrected chi connectivity index (χ4v) is 1.89. The van der Waals surface area contributed by atoms with E-state index in [2.05, 4.69) is 10.6 Å². The number of rotatable bonds is 6. The number of carbonyl (C=O) groups is 2. The Bertz CT molecular complexity index is 461. The molecular formula is C14H20ClN3O2. The van der Waals surface area contributed by atoms with Crippen LogP contribution >= 0.6 is 11.6 Å². The molecule has 110 valence electrons. The first-order chi connectivity index (χ1) is 9.58. The Labute approximate surface area is 124 Å². The van der Waals surface area contributed by atoms with E-state index in [-0.39, 0.29) is 11.9 Å². The molecule has 0 atom stereocenters. The predicted octanol–water partition coefficient (Wildman–Crippen LogP) is 2.12. The minimum absolute atomic E-state index is 0.119. The Morgan fingerprint density at radius 3 is 2.40 bits per heavy atom. The van der Waals surface area contributed by atoms with E-state index in [0.29, 0.717) is 36.8 Å². The van der Waals surface area contributed by atoms with Gasteiger partial charge in [0.25, 0.3) is 5.91 Å². The molecule has 0 spiro atoms. The van der Waals surface area contributed by atoms with E-state index in [9.17, 15) is 9.59 Å². The van der Waals surface area contributed by atoms with Crippen molar-refractivity contribution in [2.75, 3.05) is 26.2 Å². The highest BCUT2D eigenvalue weighted by Gasteiger charge is 2.08. The number of urea groups is 1. The summed E-state index contributed by atoms with van der Waals surface area (Å²) in [5, 5.41) is 6.00. The summed E-state index contributed by atoms with van der Waals surface area (Å²) in [6, 6.07) is 6.61. The van der Waals surface area contributed by atoms with Crippen LogP contribution in [-0.2, 0) is 0 Å². The van der Waals surface area contributed by atoms with Crippen molar-refractivity contribution in [3.8, 4) is 0 Å². The van der Waals surface area contributed by atoms with Gasteiger partial charge < -0.3 is 15.5 Å². The number of amides is 3. The van der Waals surface area contributed by atoms with Crippen molar-refractivity contribution < 1.29 is 9.59 Å². The number of benzene rings is 1. The lowest BCUT2D eigenvalue weighted by Crippen LogP contribution is -2.42. The summed E-state index contributed by atoms with van der Waals surface area (Å²) in [6.07, 6.45) is 0. The zero-order valence-corrected chi connectivity index (χ0v) is 12.5. The summed E-state index contributed by atoms with van der Waals surface area (Å²) in [7, 11) is 0. The largest absolute Gasteiger partial charge is 0.350 e. The molecule has 6 heteroatoms. The van der Waals surface area contributed by atoms with E-state index in [1.165, 1.54) is 0 Å². The molecule has 0 aliphatic heterocycles. The fourth-order valence-electron chi connectivity index (χ4n) is 1.70. The molecule has 5 nitrogen and oxygen atoms in total. The number of hydrogen-bond acceptors (Lipinski definition) is 2. The number of carbonyl (C=O) groups excluding carboxylic acids is 2. The van der Waals surface area contributed by atoms with Gasteiger partial charge in [0, 0.05) is 36.8 Å². The highest BCUT2D eigenvalue weighted by atomic mass is 35.5. The number of nitrogens with zero attached hydrogens (tertiary/aromatic N) is 1. The summed E-state index contributed by atoms with van der Waals surface area (Å²) in [5.74, 6) is -0.204. The summed E-state index contributed by atoms with van der Waals surface area (Å²) >= 11 is 5.82. The molecule has 1 aromatic rings. The molecule has 0 radical (unpaired) electrons. The molecule has 0 saturated carbocycles. The number of nitrogens with one attached hydrogen (secondary N) is 2. The highest BCUT2D eigenvalue weighted by molar-refractivity contribution is 6.30. The summed E-state index contributed by atoms with van der Waals surface area (Å²) < 4.78 is 0. The van der Waals surface area contributed by atoms with Gasteiger partial charge in [-0.1, -0.05) is 17.7 Å². The third-order valence-corrected chi connectivity index (χ3v) is 3.06. The van der Waals surface area contributed by atoms with E-state index in [4.69, 9.17) is 11.6 Å². The van der Waals surface area contributed by atoms with Gasteiger partial charge >= 0.3 is 6.03 Å². The molecule has 1 rings (SSSR count). The van der Waals surface area contributed by atoms with E-state index in [1.54, 1.807) is 29.2 Å². The minimum atomic E-state index is -0.204. The van der Waals surface area contributed by atoms with Gasteiger partial charge in [-0.05, 0) is 32.0 Å². The Morgan fingerprint density at radius 2 is 1.80 bits per heavy atom. The van der Waals surface area contributed by atoms with Crippen LogP contribution in [0.5, 0.6) is 0 Å². The number of halogens is 1. The lowest BCUT2D eigenvalue weighted by molar-refractivity contribution is 0.0953. The molecule has 0 bridgehead atoms. The van der Waals surface area contributed by atoms with Crippen LogP contribution in [-0.4, -0.2) is 43.0 Å². The van der Waals surface area contributed by atoms with Crippen LogP contribution in [0.25, 0.3) is 0 Å². The molecule has 2 N–H and O–H groups in total. The van der Waals surface area contributed by atoms with E-state index < -0.39 is 0 Å². The lowest BCUT2D eigenvalue weighted by atomic mass is 10.2. The maximum absolute atomic E-state index is 11.8. The Kier molecular flexibility index (Phi) is 6.87. The van der Waals surface area contributed by atoms with Crippen molar-refractivity contribution in [2.24, 2.45) is 0 Å². The maximum Gasteiger partial charge on any atom is 0.317 e. The Hall–Kier alpha value is -1.75. The zero-order valence-electron chi connectivity index (χ0n) is 11.8. The number of hydrogen-bond donors (Lipinski definition) is 2. The van der Waals surface area contributed by atoms with Crippen molar-refractivity contribution in [3.05, 3.63) is 34.9 Å². The van der Waals surface area contributed by atoms with Crippen molar-refractivity contribution >= 4 is 23.5 Å². The molecule has 0 aromatic heterocycles. The second-order valence-corrected chi connectivity index (χ2v) is 4.61.